The van der Waals surface area contributed by atoms with Gasteiger partial charge in [0.1, 0.15) is 5.75 Å². The van der Waals surface area contributed by atoms with Gasteiger partial charge < -0.3 is 10.1 Å². The third-order valence-electron chi connectivity index (χ3n) is 3.19. The Morgan fingerprint density at radius 1 is 1.28 bits per heavy atom. The Balaban J connectivity index is 2.18. The number of hydrogen-bond acceptors (Lipinski definition) is 3. The molecule has 0 amide bonds. The van der Waals surface area contributed by atoms with Gasteiger partial charge in [0, 0.05) is 24.5 Å². The Hall–Kier alpha value is -1.97. The summed E-state index contributed by atoms with van der Waals surface area (Å²) in [7, 11) is 3.65. The number of ether oxygens (including phenoxy) is 1. The molecular formula is C14H19N3O. The van der Waals surface area contributed by atoms with Crippen molar-refractivity contribution in [3.05, 3.63) is 41.2 Å². The summed E-state index contributed by atoms with van der Waals surface area (Å²) < 4.78 is 7.29. The van der Waals surface area contributed by atoms with Crippen LogP contribution in [0.2, 0.25) is 0 Å². The lowest BCUT2D eigenvalue weighted by atomic mass is 10.1. The zero-order chi connectivity index (χ0) is 13.1. The highest BCUT2D eigenvalue weighted by molar-refractivity contribution is 5.59. The van der Waals surface area contributed by atoms with Crippen LogP contribution in [0.4, 0.5) is 5.69 Å². The molecule has 1 heterocycles. The second-order valence-electron chi connectivity index (χ2n) is 4.39. The van der Waals surface area contributed by atoms with Crippen molar-refractivity contribution in [1.29, 1.82) is 0 Å². The summed E-state index contributed by atoms with van der Waals surface area (Å²) in [6, 6.07) is 6.16. The number of anilines is 1. The van der Waals surface area contributed by atoms with Gasteiger partial charge in [0.15, 0.2) is 0 Å². The first-order valence-corrected chi connectivity index (χ1v) is 5.98. The molecule has 18 heavy (non-hydrogen) atoms. The molecule has 2 aromatic rings. The van der Waals surface area contributed by atoms with Crippen LogP contribution in [-0.4, -0.2) is 16.9 Å². The van der Waals surface area contributed by atoms with Gasteiger partial charge in [-0.15, -0.1) is 0 Å². The van der Waals surface area contributed by atoms with Crippen LogP contribution < -0.4 is 10.1 Å². The van der Waals surface area contributed by atoms with Gasteiger partial charge in [-0.1, -0.05) is 6.07 Å². The first-order valence-electron chi connectivity index (χ1n) is 5.98. The van der Waals surface area contributed by atoms with Gasteiger partial charge in [-0.3, -0.25) is 4.68 Å². The van der Waals surface area contributed by atoms with Crippen molar-refractivity contribution in [1.82, 2.24) is 9.78 Å². The Labute approximate surface area is 108 Å². The molecule has 0 spiro atoms. The van der Waals surface area contributed by atoms with Crippen LogP contribution in [0.3, 0.4) is 0 Å². The fourth-order valence-corrected chi connectivity index (χ4v) is 2.09. The van der Waals surface area contributed by atoms with Crippen LogP contribution in [-0.2, 0) is 13.6 Å². The van der Waals surface area contributed by atoms with Crippen molar-refractivity contribution in [2.45, 2.75) is 20.4 Å². The maximum atomic E-state index is 5.42. The average molecular weight is 245 g/mol. The third-order valence-corrected chi connectivity index (χ3v) is 3.19. The van der Waals surface area contributed by atoms with Gasteiger partial charge in [-0.25, -0.2) is 0 Å². The summed E-state index contributed by atoms with van der Waals surface area (Å²) in [5, 5.41) is 7.57. The van der Waals surface area contributed by atoms with Crippen LogP contribution >= 0.6 is 0 Å². The molecule has 0 fully saturated rings. The third kappa shape index (κ3) is 2.32. The summed E-state index contributed by atoms with van der Waals surface area (Å²) in [5.41, 5.74) is 4.54. The molecule has 0 saturated carbocycles. The quantitative estimate of drug-likeness (QED) is 0.900. The summed E-state index contributed by atoms with van der Waals surface area (Å²) in [4.78, 5) is 0. The van der Waals surface area contributed by atoms with Crippen molar-refractivity contribution < 1.29 is 4.74 Å². The molecule has 0 radical (unpaired) electrons. The number of hydrogen-bond donors (Lipinski definition) is 1. The first-order chi connectivity index (χ1) is 8.63. The highest BCUT2D eigenvalue weighted by atomic mass is 16.5. The molecule has 96 valence electrons. The lowest BCUT2D eigenvalue weighted by Gasteiger charge is -2.14. The van der Waals surface area contributed by atoms with E-state index in [2.05, 4.69) is 36.4 Å². The number of aryl methyl sites for hydroxylation is 2. The predicted octanol–water partition coefficient (Wildman–Crippen LogP) is 2.66. The van der Waals surface area contributed by atoms with Crippen LogP contribution in [0.25, 0.3) is 0 Å². The van der Waals surface area contributed by atoms with Crippen LogP contribution in [0, 0.1) is 13.8 Å². The Morgan fingerprint density at radius 3 is 2.67 bits per heavy atom. The van der Waals surface area contributed by atoms with Gasteiger partial charge in [0.05, 0.1) is 19.3 Å². The predicted molar refractivity (Wildman–Crippen MR) is 73.0 cm³/mol. The monoisotopic (exact) mass is 245 g/mol. The van der Waals surface area contributed by atoms with E-state index in [1.165, 1.54) is 0 Å². The Bertz CT molecular complexity index is 546. The van der Waals surface area contributed by atoms with Gasteiger partial charge in [0.25, 0.3) is 0 Å². The van der Waals surface area contributed by atoms with Crippen LogP contribution in [0.15, 0.2) is 24.4 Å². The summed E-state index contributed by atoms with van der Waals surface area (Å²) in [6.07, 6.45) is 1.81. The Kier molecular flexibility index (Phi) is 3.55. The molecule has 0 bridgehead atoms. The van der Waals surface area contributed by atoms with E-state index in [0.29, 0.717) is 0 Å². The molecule has 1 N–H and O–H groups in total. The Morgan fingerprint density at radius 2 is 2.06 bits per heavy atom. The van der Waals surface area contributed by atoms with Crippen molar-refractivity contribution in [2.75, 3.05) is 12.4 Å². The maximum Gasteiger partial charge on any atom is 0.126 e. The molecular weight excluding hydrogens is 226 g/mol. The summed E-state index contributed by atoms with van der Waals surface area (Å²) >= 11 is 0. The van der Waals surface area contributed by atoms with E-state index in [4.69, 9.17) is 4.74 Å². The van der Waals surface area contributed by atoms with E-state index in [9.17, 15) is 0 Å². The molecule has 1 aromatic carbocycles. The molecule has 0 aliphatic rings. The first kappa shape index (κ1) is 12.5. The standard InChI is InChI=1S/C14H19N3O/c1-10-5-6-13(11(2)14(10)18-4)15-9-12-7-8-16-17(12)3/h5-8,15H,9H2,1-4H3. The molecule has 4 heteroatoms. The van der Waals surface area contributed by atoms with Crippen LogP contribution in [0.1, 0.15) is 16.8 Å². The van der Waals surface area contributed by atoms with Gasteiger partial charge in [0.2, 0.25) is 0 Å². The van der Waals surface area contributed by atoms with E-state index >= 15 is 0 Å². The molecule has 0 unspecified atom stereocenters. The van der Waals surface area contributed by atoms with E-state index in [1.54, 1.807) is 13.3 Å². The molecule has 0 aliphatic heterocycles. The fourth-order valence-electron chi connectivity index (χ4n) is 2.09. The average Bonchev–Trinajstić information content (AvgIpc) is 2.75. The number of methoxy groups -OCH3 is 1. The van der Waals surface area contributed by atoms with E-state index in [-0.39, 0.29) is 0 Å². The number of benzene rings is 1. The second-order valence-corrected chi connectivity index (χ2v) is 4.39. The van der Waals surface area contributed by atoms with Crippen molar-refractivity contribution >= 4 is 5.69 Å². The molecule has 1 aromatic heterocycles. The van der Waals surface area contributed by atoms with Crippen molar-refractivity contribution in [2.24, 2.45) is 7.05 Å². The summed E-state index contributed by atoms with van der Waals surface area (Å²) in [5.74, 6) is 0.949. The number of nitrogens with zero attached hydrogens (tertiary/aromatic N) is 2. The lowest BCUT2D eigenvalue weighted by molar-refractivity contribution is 0.409. The zero-order valence-corrected chi connectivity index (χ0v) is 11.3. The topological polar surface area (TPSA) is 39.1 Å². The minimum atomic E-state index is 0.754. The minimum absolute atomic E-state index is 0.754. The van der Waals surface area contributed by atoms with E-state index in [1.807, 2.05) is 17.8 Å². The zero-order valence-electron chi connectivity index (χ0n) is 11.3. The van der Waals surface area contributed by atoms with Gasteiger partial charge in [-0.05, 0) is 31.5 Å². The van der Waals surface area contributed by atoms with Crippen molar-refractivity contribution in [3.8, 4) is 5.75 Å². The highest BCUT2D eigenvalue weighted by Gasteiger charge is 2.08. The highest BCUT2D eigenvalue weighted by Crippen LogP contribution is 2.29. The van der Waals surface area contributed by atoms with E-state index < -0.39 is 0 Å². The molecule has 0 aliphatic carbocycles. The molecule has 0 atom stereocenters. The number of nitrogens with one attached hydrogen (secondary N) is 1. The maximum absolute atomic E-state index is 5.42. The normalized spacial score (nSPS) is 10.4. The van der Waals surface area contributed by atoms with E-state index in [0.717, 1.165) is 34.8 Å². The summed E-state index contributed by atoms with van der Waals surface area (Å²) in [6.45, 7) is 4.87. The van der Waals surface area contributed by atoms with Crippen LogP contribution in [0.5, 0.6) is 5.75 Å². The largest absolute Gasteiger partial charge is 0.496 e. The molecule has 2 rings (SSSR count). The van der Waals surface area contributed by atoms with Gasteiger partial charge >= 0.3 is 0 Å². The smallest absolute Gasteiger partial charge is 0.126 e. The molecule has 0 saturated heterocycles. The molecule has 4 nitrogen and oxygen atoms in total. The minimum Gasteiger partial charge on any atom is -0.496 e. The SMILES string of the molecule is COc1c(C)ccc(NCc2ccnn2C)c1C. The lowest BCUT2D eigenvalue weighted by Crippen LogP contribution is -2.07. The fraction of sp³-hybridized carbons (Fsp3) is 0.357. The van der Waals surface area contributed by atoms with Gasteiger partial charge in [-0.2, -0.15) is 5.10 Å². The number of aromatic nitrogens is 2. The number of rotatable bonds is 4. The van der Waals surface area contributed by atoms with Crippen molar-refractivity contribution in [3.63, 3.8) is 0 Å². The second kappa shape index (κ2) is 5.12.